The molecule has 0 unspecified atom stereocenters. The summed E-state index contributed by atoms with van der Waals surface area (Å²) in [6, 6.07) is 0. The lowest BCUT2D eigenvalue weighted by molar-refractivity contribution is -1.08. The second-order valence-corrected chi connectivity index (χ2v) is 2.94. The third-order valence-corrected chi connectivity index (χ3v) is 1.24. The lowest BCUT2D eigenvalue weighted by Crippen LogP contribution is -2.39. The molecule has 0 radical (unpaired) electrons. The van der Waals surface area contributed by atoms with E-state index in [1.54, 1.807) is 0 Å². The average molecular weight is 194 g/mol. The van der Waals surface area contributed by atoms with Gasteiger partial charge in [-0.3, -0.25) is 0 Å². The summed E-state index contributed by atoms with van der Waals surface area (Å²) in [6.07, 6.45) is 1.17. The molecular weight excluding hydrogens is 176 g/mol. The van der Waals surface area contributed by atoms with Crippen LogP contribution in [0.5, 0.6) is 0 Å². The molecule has 6 heteroatoms. The van der Waals surface area contributed by atoms with Gasteiger partial charge in [0.25, 0.3) is 0 Å². The molecule has 0 rings (SSSR count). The zero-order valence-electron chi connectivity index (χ0n) is 8.65. The van der Waals surface area contributed by atoms with Gasteiger partial charge in [-0.15, -0.1) is 0 Å². The summed E-state index contributed by atoms with van der Waals surface area (Å²) >= 11 is 0. The topological polar surface area (TPSA) is 75.4 Å². The van der Waals surface area contributed by atoms with Gasteiger partial charge in [-0.05, 0) is 13.3 Å². The molecule has 0 fully saturated rings. The normalized spacial score (nSPS) is 10.2. The van der Waals surface area contributed by atoms with Gasteiger partial charge < -0.3 is 15.3 Å². The fraction of sp³-hybridized carbons (Fsp3) is 1.00. The Morgan fingerprint density at radius 3 is 1.92 bits per heavy atom. The molecule has 0 aromatic heterocycles. The van der Waals surface area contributed by atoms with Crippen molar-refractivity contribution in [2.75, 3.05) is 27.2 Å². The molecule has 0 saturated carbocycles. The molecule has 0 aliphatic rings. The first kappa shape index (κ1) is 14.6. The van der Waals surface area contributed by atoms with Crippen LogP contribution in [0.1, 0.15) is 20.3 Å². The second kappa shape index (κ2) is 7.75. The number of hydroxylamine groups is 3. The largest absolute Gasteiger partial charge is 0.356 e. The van der Waals surface area contributed by atoms with E-state index < -0.39 is 5.09 Å². The molecule has 80 valence electrons. The van der Waals surface area contributed by atoms with Gasteiger partial charge in [-0.2, -0.15) is 4.65 Å². The molecule has 0 N–H and O–H groups in total. The molecule has 0 aromatic rings. The summed E-state index contributed by atoms with van der Waals surface area (Å²) in [5, 5.41) is 14.8. The van der Waals surface area contributed by atoms with Crippen molar-refractivity contribution in [3.05, 3.63) is 15.3 Å². The lowest BCUT2D eigenvalue weighted by Gasteiger charge is -2.25. The van der Waals surface area contributed by atoms with Gasteiger partial charge in [-0.25, -0.2) is 4.84 Å². The molecule has 0 amide bonds. The molecule has 0 aromatic carbocycles. The zero-order valence-corrected chi connectivity index (χ0v) is 8.65. The maximum atomic E-state index is 8.25. The standard InChI is InChI=1S/C7H18NO.NO3/c1-5-7-8(3,4)9-6-2;2-1(3)4/h5-7H2,1-4H3;/q+1;-1. The Morgan fingerprint density at radius 1 is 1.31 bits per heavy atom. The first-order valence-corrected chi connectivity index (χ1v) is 4.14. The van der Waals surface area contributed by atoms with Crippen molar-refractivity contribution < 1.29 is 14.6 Å². The SMILES string of the molecule is CCC[N+](C)(C)OCC.O=[N+]([O-])[O-]. The molecule has 0 atom stereocenters. The predicted octanol–water partition coefficient (Wildman–Crippen LogP) is 1.19. The van der Waals surface area contributed by atoms with E-state index in [0.717, 1.165) is 13.2 Å². The van der Waals surface area contributed by atoms with Crippen LogP contribution in [0.3, 0.4) is 0 Å². The number of nitrogens with zero attached hydrogens (tertiary/aromatic N) is 2. The van der Waals surface area contributed by atoms with Crippen LogP contribution in [0.15, 0.2) is 0 Å². The summed E-state index contributed by atoms with van der Waals surface area (Å²) in [5.74, 6) is 0. The van der Waals surface area contributed by atoms with Crippen LogP contribution in [-0.2, 0) is 4.84 Å². The van der Waals surface area contributed by atoms with E-state index in [0.29, 0.717) is 4.65 Å². The Labute approximate surface area is 78.4 Å². The van der Waals surface area contributed by atoms with Crippen LogP contribution in [-0.4, -0.2) is 37.0 Å². The van der Waals surface area contributed by atoms with Crippen LogP contribution < -0.4 is 0 Å². The fourth-order valence-corrected chi connectivity index (χ4v) is 0.953. The van der Waals surface area contributed by atoms with E-state index in [1.807, 2.05) is 6.92 Å². The zero-order chi connectivity index (χ0) is 10.9. The Kier molecular flexibility index (Phi) is 8.73. The minimum atomic E-state index is -1.75. The quantitative estimate of drug-likeness (QED) is 0.382. The number of rotatable bonds is 4. The van der Waals surface area contributed by atoms with Gasteiger partial charge in [0.05, 0.1) is 19.2 Å². The summed E-state index contributed by atoms with van der Waals surface area (Å²) < 4.78 is 0.688. The van der Waals surface area contributed by atoms with Crippen molar-refractivity contribution in [2.45, 2.75) is 20.3 Å². The molecule has 13 heavy (non-hydrogen) atoms. The molecule has 0 bridgehead atoms. The van der Waals surface area contributed by atoms with Gasteiger partial charge >= 0.3 is 0 Å². The van der Waals surface area contributed by atoms with Gasteiger partial charge in [0.2, 0.25) is 0 Å². The van der Waals surface area contributed by atoms with E-state index in [1.165, 1.54) is 6.42 Å². The molecule has 0 aliphatic carbocycles. The van der Waals surface area contributed by atoms with Crippen molar-refractivity contribution in [3.8, 4) is 0 Å². The molecule has 0 saturated heterocycles. The number of hydrogen-bond acceptors (Lipinski definition) is 4. The summed E-state index contributed by atoms with van der Waals surface area (Å²) in [5.41, 5.74) is 0. The third kappa shape index (κ3) is 18.2. The highest BCUT2D eigenvalue weighted by molar-refractivity contribution is 4.18. The second-order valence-electron chi connectivity index (χ2n) is 2.94. The Hall–Kier alpha value is -0.880. The van der Waals surface area contributed by atoms with E-state index in [2.05, 4.69) is 21.0 Å². The number of quaternary nitrogens is 1. The predicted molar refractivity (Wildman–Crippen MR) is 49.3 cm³/mol. The Bertz CT molecular complexity index is 126. The molecule has 6 nitrogen and oxygen atoms in total. The first-order chi connectivity index (χ1) is 5.85. The van der Waals surface area contributed by atoms with Crippen LogP contribution in [0.25, 0.3) is 0 Å². The van der Waals surface area contributed by atoms with Crippen molar-refractivity contribution in [1.29, 1.82) is 0 Å². The minimum Gasteiger partial charge on any atom is -0.356 e. The Balaban J connectivity index is 0. The fourth-order valence-electron chi connectivity index (χ4n) is 0.953. The lowest BCUT2D eigenvalue weighted by atomic mass is 10.4. The first-order valence-electron chi connectivity index (χ1n) is 4.14. The highest BCUT2D eigenvalue weighted by Gasteiger charge is 2.12. The van der Waals surface area contributed by atoms with Crippen LogP contribution in [0.4, 0.5) is 0 Å². The van der Waals surface area contributed by atoms with Crippen LogP contribution in [0, 0.1) is 15.3 Å². The third-order valence-electron chi connectivity index (χ3n) is 1.24. The molecular formula is C7H18N2O4. The summed E-state index contributed by atoms with van der Waals surface area (Å²) in [6.45, 7) is 6.08. The minimum absolute atomic E-state index is 0.688. The van der Waals surface area contributed by atoms with E-state index >= 15 is 0 Å². The molecule has 0 heterocycles. The van der Waals surface area contributed by atoms with Crippen molar-refractivity contribution in [3.63, 3.8) is 0 Å². The highest BCUT2D eigenvalue weighted by atomic mass is 16.9. The molecule has 0 aliphatic heterocycles. The van der Waals surface area contributed by atoms with Gasteiger partial charge in [-0.1, -0.05) is 6.92 Å². The van der Waals surface area contributed by atoms with Gasteiger partial charge in [0.15, 0.2) is 0 Å². The van der Waals surface area contributed by atoms with E-state index in [9.17, 15) is 0 Å². The monoisotopic (exact) mass is 194 g/mol. The smallest absolute Gasteiger partial charge is 0.108 e. The average Bonchev–Trinajstić information content (AvgIpc) is 1.84. The van der Waals surface area contributed by atoms with Crippen molar-refractivity contribution in [1.82, 2.24) is 0 Å². The van der Waals surface area contributed by atoms with Gasteiger partial charge in [0, 0.05) is 0 Å². The molecule has 0 spiro atoms. The maximum absolute atomic E-state index is 8.25. The van der Waals surface area contributed by atoms with E-state index in [-0.39, 0.29) is 0 Å². The maximum Gasteiger partial charge on any atom is 0.108 e. The van der Waals surface area contributed by atoms with Crippen LogP contribution >= 0.6 is 0 Å². The van der Waals surface area contributed by atoms with Gasteiger partial charge in [0.1, 0.15) is 13.2 Å². The summed E-state index contributed by atoms with van der Waals surface area (Å²) in [7, 11) is 4.15. The number of hydrogen-bond donors (Lipinski definition) is 0. The highest BCUT2D eigenvalue weighted by Crippen LogP contribution is 1.99. The Morgan fingerprint density at radius 2 is 1.69 bits per heavy atom. The van der Waals surface area contributed by atoms with Crippen molar-refractivity contribution >= 4 is 0 Å². The summed E-state index contributed by atoms with van der Waals surface area (Å²) in [4.78, 5) is 13.7. The van der Waals surface area contributed by atoms with Crippen molar-refractivity contribution in [2.24, 2.45) is 0 Å². The van der Waals surface area contributed by atoms with E-state index in [4.69, 9.17) is 20.2 Å². The van der Waals surface area contributed by atoms with Crippen LogP contribution in [0.2, 0.25) is 0 Å².